The highest BCUT2D eigenvalue weighted by Crippen LogP contribution is 2.37. The van der Waals surface area contributed by atoms with E-state index in [0.29, 0.717) is 57.0 Å². The zero-order valence-corrected chi connectivity index (χ0v) is 20.9. The number of anilines is 1. The van der Waals surface area contributed by atoms with Crippen LogP contribution in [0.2, 0.25) is 5.02 Å². The molecule has 3 aliphatic rings. The summed E-state index contributed by atoms with van der Waals surface area (Å²) in [6.07, 6.45) is 4.85. The minimum absolute atomic E-state index is 0.0128. The van der Waals surface area contributed by atoms with Crippen molar-refractivity contribution in [3.05, 3.63) is 52.2 Å². The van der Waals surface area contributed by atoms with Gasteiger partial charge < -0.3 is 19.8 Å². The maximum Gasteiger partial charge on any atom is 0.231 e. The van der Waals surface area contributed by atoms with Gasteiger partial charge in [0.2, 0.25) is 5.91 Å². The molecular weight excluding hydrogens is 469 g/mol. The van der Waals surface area contributed by atoms with Crippen molar-refractivity contribution >= 4 is 23.3 Å². The van der Waals surface area contributed by atoms with Crippen LogP contribution in [0.15, 0.2) is 24.5 Å². The summed E-state index contributed by atoms with van der Waals surface area (Å²) in [5.74, 6) is 0.488. The summed E-state index contributed by atoms with van der Waals surface area (Å²) in [7, 11) is 0. The first kappa shape index (κ1) is 24.4. The Morgan fingerprint density at radius 1 is 1.14 bits per heavy atom. The Hall–Kier alpha value is -2.29. The Balaban J connectivity index is 1.31. The first-order chi connectivity index (χ1) is 16.9. The lowest BCUT2D eigenvalue weighted by atomic mass is 9.95. The van der Waals surface area contributed by atoms with Gasteiger partial charge in [-0.2, -0.15) is 0 Å². The number of aliphatic hydroxyl groups is 1. The Morgan fingerprint density at radius 2 is 1.89 bits per heavy atom. The number of aryl methyl sites for hydroxylation is 1. The number of aliphatic hydroxyl groups excluding tert-OH is 1. The number of piperazine rings is 1. The minimum Gasteiger partial charge on any atom is -0.393 e. The highest BCUT2D eigenvalue weighted by atomic mass is 35.5. The molecule has 2 saturated heterocycles. The standard InChI is InChI=1S/C26H33ClFN5O2/c1-17-2-5-23-24(17)25(30-16-29-23)32-10-12-33(13-11-32)26(35)20(15-31-8-6-19(34)7-9-31)18-3-4-21(27)22(28)14-18/h3-4,14,16-17,19-20,34H,2,5-13,15H2,1H3/t17-,20?/m1/s1. The average Bonchev–Trinajstić information content (AvgIpc) is 3.26. The van der Waals surface area contributed by atoms with E-state index in [-0.39, 0.29) is 17.0 Å². The summed E-state index contributed by atoms with van der Waals surface area (Å²) in [6.45, 7) is 6.79. The topological polar surface area (TPSA) is 72.8 Å². The quantitative estimate of drug-likeness (QED) is 0.678. The molecule has 2 aromatic rings. The SMILES string of the molecule is C[C@@H]1CCc2ncnc(N3CCN(C(=O)C(CN4CCC(O)CC4)c4ccc(Cl)c(F)c4)CC3)c21. The van der Waals surface area contributed by atoms with E-state index in [1.165, 1.54) is 17.7 Å². The van der Waals surface area contributed by atoms with Crippen LogP contribution in [0.1, 0.15) is 54.8 Å². The molecule has 1 N–H and O–H groups in total. The smallest absolute Gasteiger partial charge is 0.231 e. The van der Waals surface area contributed by atoms with E-state index in [1.807, 2.05) is 4.90 Å². The first-order valence-electron chi connectivity index (χ1n) is 12.6. The number of carbonyl (C=O) groups is 1. The summed E-state index contributed by atoms with van der Waals surface area (Å²) >= 11 is 5.92. The second kappa shape index (κ2) is 10.4. The van der Waals surface area contributed by atoms with Crippen LogP contribution >= 0.6 is 11.6 Å². The zero-order valence-electron chi connectivity index (χ0n) is 20.2. The number of hydrogen-bond donors (Lipinski definition) is 1. The fraction of sp³-hybridized carbons (Fsp3) is 0.577. The van der Waals surface area contributed by atoms with Crippen molar-refractivity contribution < 1.29 is 14.3 Å². The monoisotopic (exact) mass is 501 g/mol. The van der Waals surface area contributed by atoms with E-state index in [0.717, 1.165) is 37.4 Å². The number of rotatable bonds is 5. The Morgan fingerprint density at radius 3 is 2.60 bits per heavy atom. The van der Waals surface area contributed by atoms with Gasteiger partial charge in [0.15, 0.2) is 0 Å². The lowest BCUT2D eigenvalue weighted by Gasteiger charge is -2.39. The fourth-order valence-electron chi connectivity index (χ4n) is 5.65. The van der Waals surface area contributed by atoms with Gasteiger partial charge in [-0.25, -0.2) is 14.4 Å². The van der Waals surface area contributed by atoms with E-state index in [4.69, 9.17) is 11.6 Å². The van der Waals surface area contributed by atoms with Gasteiger partial charge in [0.25, 0.3) is 0 Å². The number of halogens is 2. The third kappa shape index (κ3) is 5.15. The zero-order chi connectivity index (χ0) is 24.5. The van der Waals surface area contributed by atoms with Gasteiger partial charge in [-0.1, -0.05) is 24.6 Å². The number of hydrogen-bond acceptors (Lipinski definition) is 6. The molecular formula is C26H33ClFN5O2. The second-order valence-electron chi connectivity index (χ2n) is 10.1. The highest BCUT2D eigenvalue weighted by Gasteiger charge is 2.33. The predicted octanol–water partition coefficient (Wildman–Crippen LogP) is 3.21. The molecule has 2 atom stereocenters. The predicted molar refractivity (Wildman–Crippen MR) is 133 cm³/mol. The third-order valence-corrected chi connectivity index (χ3v) is 8.09. The van der Waals surface area contributed by atoms with Crippen LogP contribution in [0.5, 0.6) is 0 Å². The second-order valence-corrected chi connectivity index (χ2v) is 10.5. The molecule has 1 aromatic heterocycles. The Bertz CT molecular complexity index is 1070. The number of likely N-dealkylation sites (tertiary alicyclic amines) is 1. The lowest BCUT2D eigenvalue weighted by Crippen LogP contribution is -2.52. The molecule has 2 fully saturated rings. The summed E-state index contributed by atoms with van der Waals surface area (Å²) in [5, 5.41) is 9.93. The van der Waals surface area contributed by atoms with Crippen LogP contribution in [0.3, 0.4) is 0 Å². The number of fused-ring (bicyclic) bond motifs is 1. The average molecular weight is 502 g/mol. The molecule has 0 radical (unpaired) electrons. The van der Waals surface area contributed by atoms with Crippen molar-refractivity contribution in [2.24, 2.45) is 0 Å². The van der Waals surface area contributed by atoms with Crippen LogP contribution in [0.4, 0.5) is 10.2 Å². The van der Waals surface area contributed by atoms with E-state index < -0.39 is 11.7 Å². The van der Waals surface area contributed by atoms with Gasteiger partial charge in [-0.05, 0) is 49.3 Å². The van der Waals surface area contributed by atoms with Crippen LogP contribution in [-0.2, 0) is 11.2 Å². The van der Waals surface area contributed by atoms with Crippen molar-refractivity contribution in [3.8, 4) is 0 Å². The Kier molecular flexibility index (Phi) is 7.23. The molecule has 7 nitrogen and oxygen atoms in total. The van der Waals surface area contributed by atoms with E-state index in [2.05, 4.69) is 26.7 Å². The minimum atomic E-state index is -0.507. The number of carbonyl (C=O) groups excluding carboxylic acids is 1. The number of aromatic nitrogens is 2. The van der Waals surface area contributed by atoms with Gasteiger partial charge in [0, 0.05) is 57.1 Å². The number of benzene rings is 1. The molecule has 3 heterocycles. The normalized spacial score (nSPS) is 22.3. The molecule has 2 aliphatic heterocycles. The fourth-order valence-corrected chi connectivity index (χ4v) is 5.77. The van der Waals surface area contributed by atoms with Crippen molar-refractivity contribution in [2.75, 3.05) is 50.7 Å². The van der Waals surface area contributed by atoms with Gasteiger partial charge in [-0.3, -0.25) is 4.79 Å². The largest absolute Gasteiger partial charge is 0.393 e. The van der Waals surface area contributed by atoms with Crippen molar-refractivity contribution in [3.63, 3.8) is 0 Å². The number of amides is 1. The summed E-state index contributed by atoms with van der Waals surface area (Å²) < 4.78 is 14.3. The molecule has 1 aliphatic carbocycles. The summed E-state index contributed by atoms with van der Waals surface area (Å²) in [6, 6.07) is 4.68. The molecule has 35 heavy (non-hydrogen) atoms. The van der Waals surface area contributed by atoms with Gasteiger partial charge in [0.1, 0.15) is 18.0 Å². The summed E-state index contributed by atoms with van der Waals surface area (Å²) in [4.78, 5) is 29.2. The van der Waals surface area contributed by atoms with Crippen molar-refractivity contribution in [2.45, 2.75) is 50.5 Å². The van der Waals surface area contributed by atoms with E-state index in [9.17, 15) is 14.3 Å². The molecule has 0 saturated carbocycles. The van der Waals surface area contributed by atoms with Crippen LogP contribution < -0.4 is 4.90 Å². The highest BCUT2D eigenvalue weighted by molar-refractivity contribution is 6.30. The molecule has 9 heteroatoms. The maximum atomic E-state index is 14.3. The van der Waals surface area contributed by atoms with Crippen molar-refractivity contribution in [1.29, 1.82) is 0 Å². The van der Waals surface area contributed by atoms with E-state index in [1.54, 1.807) is 12.4 Å². The van der Waals surface area contributed by atoms with E-state index >= 15 is 0 Å². The molecule has 1 amide bonds. The van der Waals surface area contributed by atoms with Gasteiger partial charge >= 0.3 is 0 Å². The lowest BCUT2D eigenvalue weighted by molar-refractivity contribution is -0.133. The van der Waals surface area contributed by atoms with Crippen LogP contribution in [0.25, 0.3) is 0 Å². The maximum absolute atomic E-state index is 14.3. The van der Waals surface area contributed by atoms with Crippen LogP contribution in [0, 0.1) is 5.82 Å². The molecule has 5 rings (SSSR count). The van der Waals surface area contributed by atoms with Gasteiger partial charge in [-0.15, -0.1) is 0 Å². The molecule has 0 bridgehead atoms. The first-order valence-corrected chi connectivity index (χ1v) is 13.0. The molecule has 1 unspecified atom stereocenters. The molecule has 1 aromatic carbocycles. The van der Waals surface area contributed by atoms with Crippen molar-refractivity contribution in [1.82, 2.24) is 19.8 Å². The van der Waals surface area contributed by atoms with Gasteiger partial charge in [0.05, 0.1) is 17.0 Å². The summed E-state index contributed by atoms with van der Waals surface area (Å²) in [5.41, 5.74) is 3.06. The molecule has 0 spiro atoms. The molecule has 188 valence electrons. The van der Waals surface area contributed by atoms with Crippen LogP contribution in [-0.4, -0.2) is 82.7 Å². The number of nitrogens with zero attached hydrogens (tertiary/aromatic N) is 5. The Labute approximate surface area is 210 Å². The number of piperidine rings is 1. The third-order valence-electron chi connectivity index (χ3n) is 7.79.